The molecule has 1 aromatic heterocycles. The number of aromatic nitrogens is 2. The molecule has 2 aromatic carbocycles. The molecule has 3 rings (SSSR count). The van der Waals surface area contributed by atoms with Gasteiger partial charge in [0.25, 0.3) is 5.56 Å². The van der Waals surface area contributed by atoms with Gasteiger partial charge in [-0.1, -0.05) is 45.0 Å². The molecular weight excluding hydrogens is 450 g/mol. The van der Waals surface area contributed by atoms with E-state index in [2.05, 4.69) is 20.8 Å². The third-order valence-electron chi connectivity index (χ3n) is 6.07. The number of nitrogens with zero attached hydrogens (tertiary/aromatic N) is 3. The van der Waals surface area contributed by atoms with E-state index in [1.165, 1.54) is 4.31 Å². The smallest absolute Gasteiger partial charge is 0.261 e. The standard InChI is InChI=1S/C26H35N3O4S/c1-7-28-24(27-23-12-9-8-11-22(23)25(28)30)19(2)29(17-10-18-33-6)34(31,32)21-15-13-20(14-16-21)26(3,4)5/h8-9,11-16,19H,7,10,17-18H2,1-6H3. The van der Waals surface area contributed by atoms with Gasteiger partial charge in [-0.15, -0.1) is 0 Å². The number of hydrogen-bond acceptors (Lipinski definition) is 5. The van der Waals surface area contributed by atoms with E-state index in [1.54, 1.807) is 48.9 Å². The zero-order valence-electron chi connectivity index (χ0n) is 20.9. The summed E-state index contributed by atoms with van der Waals surface area (Å²) in [6, 6.07) is 13.5. The molecule has 1 unspecified atom stereocenters. The van der Waals surface area contributed by atoms with Gasteiger partial charge in [-0.25, -0.2) is 13.4 Å². The van der Waals surface area contributed by atoms with Crippen LogP contribution in [0.4, 0.5) is 0 Å². The molecule has 1 heterocycles. The second-order valence-electron chi connectivity index (χ2n) is 9.45. The molecule has 0 aliphatic carbocycles. The van der Waals surface area contributed by atoms with Crippen molar-refractivity contribution in [3.63, 3.8) is 0 Å². The van der Waals surface area contributed by atoms with Crippen molar-refractivity contribution >= 4 is 20.9 Å². The van der Waals surface area contributed by atoms with Crippen LogP contribution in [0, 0.1) is 0 Å². The number of benzene rings is 2. The van der Waals surface area contributed by atoms with E-state index in [-0.39, 0.29) is 22.4 Å². The van der Waals surface area contributed by atoms with Crippen LogP contribution in [-0.2, 0) is 26.7 Å². The molecule has 0 bridgehead atoms. The molecule has 7 nitrogen and oxygen atoms in total. The highest BCUT2D eigenvalue weighted by Crippen LogP contribution is 2.29. The molecule has 34 heavy (non-hydrogen) atoms. The molecule has 0 amide bonds. The average Bonchev–Trinajstić information content (AvgIpc) is 2.81. The molecule has 0 aliphatic heterocycles. The number of hydrogen-bond donors (Lipinski definition) is 0. The van der Waals surface area contributed by atoms with Gasteiger partial charge >= 0.3 is 0 Å². The quantitative estimate of drug-likeness (QED) is 0.417. The number of para-hydroxylation sites is 1. The lowest BCUT2D eigenvalue weighted by Gasteiger charge is -2.30. The van der Waals surface area contributed by atoms with Crippen molar-refractivity contribution in [2.45, 2.75) is 63.9 Å². The van der Waals surface area contributed by atoms with E-state index in [4.69, 9.17) is 9.72 Å². The minimum atomic E-state index is -3.86. The van der Waals surface area contributed by atoms with Crippen LogP contribution in [0.2, 0.25) is 0 Å². The topological polar surface area (TPSA) is 81.5 Å². The molecule has 184 valence electrons. The minimum Gasteiger partial charge on any atom is -0.385 e. The van der Waals surface area contributed by atoms with Gasteiger partial charge in [-0.2, -0.15) is 4.31 Å². The summed E-state index contributed by atoms with van der Waals surface area (Å²) in [7, 11) is -2.27. The largest absolute Gasteiger partial charge is 0.385 e. The van der Waals surface area contributed by atoms with Gasteiger partial charge in [0.05, 0.1) is 21.8 Å². The van der Waals surface area contributed by atoms with Crippen LogP contribution in [0.3, 0.4) is 0 Å². The maximum absolute atomic E-state index is 13.8. The highest BCUT2D eigenvalue weighted by atomic mass is 32.2. The van der Waals surface area contributed by atoms with Gasteiger partial charge in [-0.3, -0.25) is 9.36 Å². The SMILES string of the molecule is CCn1c(C(C)N(CCCOC)S(=O)(=O)c2ccc(C(C)(C)C)cc2)nc2ccccc2c1=O. The highest BCUT2D eigenvalue weighted by molar-refractivity contribution is 7.89. The van der Waals surface area contributed by atoms with E-state index in [0.717, 1.165) is 5.56 Å². The summed E-state index contributed by atoms with van der Waals surface area (Å²) >= 11 is 0. The second kappa shape index (κ2) is 10.4. The van der Waals surface area contributed by atoms with E-state index in [9.17, 15) is 13.2 Å². The average molecular weight is 486 g/mol. The zero-order valence-corrected chi connectivity index (χ0v) is 21.7. The lowest BCUT2D eigenvalue weighted by atomic mass is 9.87. The summed E-state index contributed by atoms with van der Waals surface area (Å²) in [5.41, 5.74) is 1.36. The van der Waals surface area contributed by atoms with Gasteiger partial charge in [0, 0.05) is 26.8 Å². The molecule has 0 aliphatic rings. The minimum absolute atomic E-state index is 0.0834. The first-order chi connectivity index (χ1) is 16.0. The Labute approximate surface area is 202 Å². The van der Waals surface area contributed by atoms with Crippen LogP contribution in [0.1, 0.15) is 58.5 Å². The van der Waals surface area contributed by atoms with Crippen LogP contribution in [0.25, 0.3) is 10.9 Å². The fourth-order valence-corrected chi connectivity index (χ4v) is 5.72. The number of methoxy groups -OCH3 is 1. The van der Waals surface area contributed by atoms with Crippen molar-refractivity contribution in [1.29, 1.82) is 0 Å². The highest BCUT2D eigenvalue weighted by Gasteiger charge is 2.32. The third kappa shape index (κ3) is 5.24. The summed E-state index contributed by atoms with van der Waals surface area (Å²) in [4.78, 5) is 18.1. The number of ether oxygens (including phenoxy) is 1. The molecule has 8 heteroatoms. The lowest BCUT2D eigenvalue weighted by Crippen LogP contribution is -2.38. The lowest BCUT2D eigenvalue weighted by molar-refractivity contribution is 0.181. The molecule has 3 aromatic rings. The van der Waals surface area contributed by atoms with Gasteiger partial charge in [-0.05, 0) is 55.5 Å². The van der Waals surface area contributed by atoms with Crippen LogP contribution < -0.4 is 5.56 Å². The van der Waals surface area contributed by atoms with Crippen molar-refractivity contribution in [1.82, 2.24) is 13.9 Å². The Morgan fingerprint density at radius 3 is 2.32 bits per heavy atom. The van der Waals surface area contributed by atoms with Gasteiger partial charge in [0.2, 0.25) is 10.0 Å². The summed E-state index contributed by atoms with van der Waals surface area (Å²) in [6.45, 7) is 11.0. The first kappa shape index (κ1) is 26.1. The molecule has 0 fully saturated rings. The summed E-state index contributed by atoms with van der Waals surface area (Å²) in [5.74, 6) is 0.429. The first-order valence-corrected chi connectivity index (χ1v) is 13.1. The van der Waals surface area contributed by atoms with Crippen molar-refractivity contribution < 1.29 is 13.2 Å². The van der Waals surface area contributed by atoms with E-state index in [1.807, 2.05) is 25.1 Å². The van der Waals surface area contributed by atoms with Crippen LogP contribution in [-0.4, -0.2) is 42.5 Å². The van der Waals surface area contributed by atoms with Crippen LogP contribution in [0.5, 0.6) is 0 Å². The van der Waals surface area contributed by atoms with Crippen molar-refractivity contribution in [2.24, 2.45) is 0 Å². The first-order valence-electron chi connectivity index (χ1n) is 11.6. The van der Waals surface area contributed by atoms with E-state index >= 15 is 0 Å². The van der Waals surface area contributed by atoms with Crippen molar-refractivity contribution in [3.05, 3.63) is 70.3 Å². The van der Waals surface area contributed by atoms with E-state index in [0.29, 0.717) is 36.3 Å². The molecular formula is C26H35N3O4S. The maximum Gasteiger partial charge on any atom is 0.261 e. The Bertz CT molecular complexity index is 1290. The number of fused-ring (bicyclic) bond motifs is 1. The predicted octanol–water partition coefficient (Wildman–Crippen LogP) is 4.50. The van der Waals surface area contributed by atoms with Crippen molar-refractivity contribution in [3.8, 4) is 0 Å². The zero-order chi connectivity index (χ0) is 25.1. The Hall–Kier alpha value is -2.55. The molecule has 0 radical (unpaired) electrons. The molecule has 1 atom stereocenters. The molecule has 0 saturated heterocycles. The normalized spacial score (nSPS) is 13.5. The molecule has 0 saturated carbocycles. The summed E-state index contributed by atoms with van der Waals surface area (Å²) in [5, 5.41) is 0.520. The third-order valence-corrected chi connectivity index (χ3v) is 8.05. The predicted molar refractivity (Wildman–Crippen MR) is 136 cm³/mol. The van der Waals surface area contributed by atoms with Crippen LogP contribution >= 0.6 is 0 Å². The molecule has 0 N–H and O–H groups in total. The fraction of sp³-hybridized carbons (Fsp3) is 0.462. The van der Waals surface area contributed by atoms with Gasteiger partial charge < -0.3 is 4.74 Å². The Balaban J connectivity index is 2.11. The monoisotopic (exact) mass is 485 g/mol. The second-order valence-corrected chi connectivity index (χ2v) is 11.3. The number of rotatable bonds is 9. The Kier molecular flexibility index (Phi) is 7.95. The fourth-order valence-electron chi connectivity index (χ4n) is 4.09. The van der Waals surface area contributed by atoms with Gasteiger partial charge in [0.15, 0.2) is 0 Å². The van der Waals surface area contributed by atoms with Crippen molar-refractivity contribution in [2.75, 3.05) is 20.3 Å². The molecule has 0 spiro atoms. The number of sulfonamides is 1. The van der Waals surface area contributed by atoms with E-state index < -0.39 is 16.1 Å². The van der Waals surface area contributed by atoms with Gasteiger partial charge in [0.1, 0.15) is 5.82 Å². The summed E-state index contributed by atoms with van der Waals surface area (Å²) < 4.78 is 35.8. The Morgan fingerprint density at radius 2 is 1.74 bits per heavy atom. The summed E-state index contributed by atoms with van der Waals surface area (Å²) in [6.07, 6.45) is 0.518. The maximum atomic E-state index is 13.8. The van der Waals surface area contributed by atoms with Crippen LogP contribution in [0.15, 0.2) is 58.2 Å². The Morgan fingerprint density at radius 1 is 1.09 bits per heavy atom.